The molecule has 1 aromatic carbocycles. The molecule has 0 spiro atoms. The maximum atomic E-state index is 14.0. The Labute approximate surface area is 171 Å². The lowest BCUT2D eigenvalue weighted by Crippen LogP contribution is -2.53. The van der Waals surface area contributed by atoms with E-state index in [0.29, 0.717) is 0 Å². The van der Waals surface area contributed by atoms with Crippen molar-refractivity contribution in [2.75, 3.05) is 7.11 Å². The van der Waals surface area contributed by atoms with Gasteiger partial charge in [-0.2, -0.15) is 13.2 Å². The van der Waals surface area contributed by atoms with E-state index in [0.717, 1.165) is 22.9 Å². The minimum absolute atomic E-state index is 0.120. The zero-order valence-corrected chi connectivity index (χ0v) is 17.4. The fraction of sp³-hybridized carbons (Fsp3) is 0.476. The van der Waals surface area contributed by atoms with Crippen molar-refractivity contribution in [2.45, 2.75) is 57.9 Å². The lowest BCUT2D eigenvalue weighted by molar-refractivity contribution is -0.271. The molecule has 0 saturated heterocycles. The first-order valence-electron chi connectivity index (χ1n) is 9.16. The standard InChI is InChI=1S/C21H25F4NO4/c1-12-9-26(18(28)13(2)17(12)27)11-20(29,21(23,24)25)10-19(3,4)15-8-14(22)6-7-16(15)30-5/h6-9,27,29H,10-11H2,1-5H3. The Bertz CT molecular complexity index is 998. The third kappa shape index (κ3) is 4.45. The number of aryl methyl sites for hydroxylation is 1. The summed E-state index contributed by atoms with van der Waals surface area (Å²) in [4.78, 5) is 12.4. The smallest absolute Gasteiger partial charge is 0.418 e. The van der Waals surface area contributed by atoms with Crippen molar-refractivity contribution in [2.24, 2.45) is 0 Å². The van der Waals surface area contributed by atoms with Gasteiger partial charge in [0.1, 0.15) is 17.3 Å². The first-order chi connectivity index (χ1) is 13.6. The molecular formula is C21H25F4NO4. The number of hydrogen-bond donors (Lipinski definition) is 2. The minimum Gasteiger partial charge on any atom is -0.507 e. The number of rotatable bonds is 6. The Kier molecular flexibility index (Phi) is 6.28. The summed E-state index contributed by atoms with van der Waals surface area (Å²) in [7, 11) is 1.31. The molecular weight excluding hydrogens is 406 g/mol. The summed E-state index contributed by atoms with van der Waals surface area (Å²) in [6, 6.07) is 3.49. The molecule has 0 saturated carbocycles. The van der Waals surface area contributed by atoms with Crippen molar-refractivity contribution in [3.63, 3.8) is 0 Å². The zero-order valence-electron chi connectivity index (χ0n) is 17.4. The molecule has 0 aliphatic heterocycles. The maximum Gasteiger partial charge on any atom is 0.418 e. The first kappa shape index (κ1) is 23.7. The summed E-state index contributed by atoms with van der Waals surface area (Å²) in [5.74, 6) is -0.786. The third-order valence-electron chi connectivity index (χ3n) is 5.24. The van der Waals surface area contributed by atoms with Gasteiger partial charge in [-0.1, -0.05) is 13.8 Å². The highest BCUT2D eigenvalue weighted by Crippen LogP contribution is 2.44. The van der Waals surface area contributed by atoms with Gasteiger partial charge >= 0.3 is 6.18 Å². The molecule has 0 amide bonds. The van der Waals surface area contributed by atoms with Crippen molar-refractivity contribution >= 4 is 0 Å². The highest BCUT2D eigenvalue weighted by Gasteiger charge is 2.56. The van der Waals surface area contributed by atoms with E-state index in [4.69, 9.17) is 4.74 Å². The van der Waals surface area contributed by atoms with Gasteiger partial charge in [-0.3, -0.25) is 4.79 Å². The summed E-state index contributed by atoms with van der Waals surface area (Å²) in [6.07, 6.45) is -4.89. The fourth-order valence-electron chi connectivity index (χ4n) is 3.65. The molecule has 166 valence electrons. The predicted molar refractivity (Wildman–Crippen MR) is 103 cm³/mol. The van der Waals surface area contributed by atoms with Crippen LogP contribution in [0.25, 0.3) is 0 Å². The second-order valence-electron chi connectivity index (χ2n) is 8.15. The Morgan fingerprint density at radius 3 is 2.30 bits per heavy atom. The Balaban J connectivity index is 2.56. The van der Waals surface area contributed by atoms with Crippen LogP contribution in [0.3, 0.4) is 0 Å². The van der Waals surface area contributed by atoms with Gasteiger partial charge < -0.3 is 19.5 Å². The van der Waals surface area contributed by atoms with E-state index in [2.05, 4.69) is 0 Å². The Morgan fingerprint density at radius 2 is 1.77 bits per heavy atom. The highest BCUT2D eigenvalue weighted by molar-refractivity contribution is 5.40. The molecule has 0 radical (unpaired) electrons. The summed E-state index contributed by atoms with van der Waals surface area (Å²) < 4.78 is 61.7. The average Bonchev–Trinajstić information content (AvgIpc) is 2.63. The van der Waals surface area contributed by atoms with Crippen molar-refractivity contribution in [3.05, 3.63) is 57.3 Å². The van der Waals surface area contributed by atoms with Gasteiger partial charge in [-0.25, -0.2) is 4.39 Å². The molecule has 2 N–H and O–H groups in total. The van der Waals surface area contributed by atoms with Crippen molar-refractivity contribution in [1.82, 2.24) is 4.57 Å². The van der Waals surface area contributed by atoms with Gasteiger partial charge in [0.15, 0.2) is 5.60 Å². The minimum atomic E-state index is -5.09. The number of aromatic nitrogens is 1. The molecule has 30 heavy (non-hydrogen) atoms. The lowest BCUT2D eigenvalue weighted by atomic mass is 9.74. The maximum absolute atomic E-state index is 14.0. The molecule has 0 aliphatic rings. The number of hydrogen-bond acceptors (Lipinski definition) is 4. The normalized spacial score (nSPS) is 14.5. The van der Waals surface area contributed by atoms with Crippen LogP contribution in [-0.2, 0) is 12.0 Å². The van der Waals surface area contributed by atoms with Gasteiger partial charge in [-0.05, 0) is 43.9 Å². The molecule has 2 aromatic rings. The Morgan fingerprint density at radius 1 is 1.17 bits per heavy atom. The summed E-state index contributed by atoms with van der Waals surface area (Å²) in [5.41, 5.74) is -5.30. The first-order valence-corrected chi connectivity index (χ1v) is 9.16. The van der Waals surface area contributed by atoms with E-state index in [1.54, 1.807) is 0 Å². The molecule has 0 fully saturated rings. The van der Waals surface area contributed by atoms with E-state index in [-0.39, 0.29) is 28.2 Å². The molecule has 1 unspecified atom stereocenters. The average molecular weight is 431 g/mol. The van der Waals surface area contributed by atoms with E-state index in [9.17, 15) is 32.6 Å². The van der Waals surface area contributed by atoms with Crippen LogP contribution in [-0.4, -0.2) is 33.7 Å². The fourth-order valence-corrected chi connectivity index (χ4v) is 3.65. The van der Waals surface area contributed by atoms with E-state index in [1.807, 2.05) is 0 Å². The quantitative estimate of drug-likeness (QED) is 0.679. The van der Waals surface area contributed by atoms with Gasteiger partial charge in [0.2, 0.25) is 0 Å². The van der Waals surface area contributed by atoms with Crippen LogP contribution in [0.5, 0.6) is 11.5 Å². The lowest BCUT2D eigenvalue weighted by Gasteiger charge is -2.38. The number of pyridine rings is 1. The number of ether oxygens (including phenoxy) is 1. The van der Waals surface area contributed by atoms with E-state index in [1.165, 1.54) is 40.9 Å². The van der Waals surface area contributed by atoms with Gasteiger partial charge in [0.05, 0.1) is 19.2 Å². The summed E-state index contributed by atoms with van der Waals surface area (Å²) >= 11 is 0. The Hall–Kier alpha value is -2.55. The van der Waals surface area contributed by atoms with Crippen molar-refractivity contribution in [3.8, 4) is 11.5 Å². The van der Waals surface area contributed by atoms with Crippen molar-refractivity contribution < 1.29 is 32.5 Å². The molecule has 0 bridgehead atoms. The van der Waals surface area contributed by atoms with Gasteiger partial charge in [0.25, 0.3) is 5.56 Å². The molecule has 0 aliphatic carbocycles. The van der Waals surface area contributed by atoms with Crippen LogP contribution in [0.4, 0.5) is 17.6 Å². The molecule has 1 aromatic heterocycles. The topological polar surface area (TPSA) is 71.7 Å². The van der Waals surface area contributed by atoms with Crippen molar-refractivity contribution in [1.29, 1.82) is 0 Å². The molecule has 1 heterocycles. The number of halogens is 4. The third-order valence-corrected chi connectivity index (χ3v) is 5.24. The summed E-state index contributed by atoms with van der Waals surface area (Å²) in [6.45, 7) is 4.49. The predicted octanol–water partition coefficient (Wildman–Crippen LogP) is 3.98. The number of alkyl halides is 3. The van der Waals surface area contributed by atoms with E-state index >= 15 is 0 Å². The summed E-state index contributed by atoms with van der Waals surface area (Å²) in [5, 5.41) is 20.6. The largest absolute Gasteiger partial charge is 0.507 e. The van der Waals surface area contributed by atoms with Crippen LogP contribution in [0.15, 0.2) is 29.2 Å². The van der Waals surface area contributed by atoms with Gasteiger partial charge in [-0.15, -0.1) is 0 Å². The second-order valence-corrected chi connectivity index (χ2v) is 8.15. The monoisotopic (exact) mass is 431 g/mol. The highest BCUT2D eigenvalue weighted by atomic mass is 19.4. The molecule has 9 heteroatoms. The van der Waals surface area contributed by atoms with Crippen LogP contribution in [0.1, 0.15) is 37.0 Å². The molecule has 2 rings (SSSR count). The van der Waals surface area contributed by atoms with Crippen LogP contribution < -0.4 is 10.3 Å². The number of benzene rings is 1. The molecule has 1 atom stereocenters. The van der Waals surface area contributed by atoms with Gasteiger partial charge in [0, 0.05) is 17.3 Å². The van der Waals surface area contributed by atoms with Crippen LogP contribution in [0.2, 0.25) is 0 Å². The number of nitrogens with zero attached hydrogens (tertiary/aromatic N) is 1. The number of aliphatic hydroxyl groups is 1. The number of aromatic hydroxyl groups is 1. The molecule has 5 nitrogen and oxygen atoms in total. The number of methoxy groups -OCH3 is 1. The van der Waals surface area contributed by atoms with Crippen LogP contribution in [0, 0.1) is 19.7 Å². The van der Waals surface area contributed by atoms with E-state index < -0.39 is 41.5 Å². The van der Waals surface area contributed by atoms with Crippen LogP contribution >= 0.6 is 0 Å². The second kappa shape index (κ2) is 7.94. The SMILES string of the molecule is COc1ccc(F)cc1C(C)(C)CC(O)(Cn1cc(C)c(O)c(C)c1=O)C(F)(F)F. The zero-order chi connectivity index (χ0) is 23.1.